The number of nitriles is 2. The van der Waals surface area contributed by atoms with Crippen molar-refractivity contribution in [1.29, 1.82) is 10.5 Å². The standard InChI is InChI=1S/C50H31N5/c51-32-34-26-35(33-52)28-42(27-34)55-48-24-21-36(37-20-23-44-43-18-10-11-19-47(43)54(50(44)30-37)40-16-8-3-9-17-40)29-45(48)46-31-41(22-25-49(46)55)53(38-12-4-1-5-13-38)39-14-6-2-7-15-39/h1-31H. The van der Waals surface area contributed by atoms with Crippen LogP contribution in [0.25, 0.3) is 66.1 Å². The van der Waals surface area contributed by atoms with Gasteiger partial charge in [0.25, 0.3) is 0 Å². The SMILES string of the molecule is N#Cc1cc(C#N)cc(-n2c3ccc(-c4ccc5c6ccccc6n(-c6ccccc6)c5c4)cc3c3cc(N(c4ccccc4)c4ccccc4)ccc32)c1. The molecule has 0 unspecified atom stereocenters. The molecule has 8 aromatic carbocycles. The highest BCUT2D eigenvalue weighted by Gasteiger charge is 2.19. The Morgan fingerprint density at radius 2 is 0.855 bits per heavy atom. The lowest BCUT2D eigenvalue weighted by molar-refractivity contribution is 1.17. The van der Waals surface area contributed by atoms with Gasteiger partial charge in [-0.1, -0.05) is 91.0 Å². The Bertz CT molecular complexity index is 3090. The fraction of sp³-hybridized carbons (Fsp3) is 0. The lowest BCUT2D eigenvalue weighted by Crippen LogP contribution is -2.09. The highest BCUT2D eigenvalue weighted by atomic mass is 15.1. The van der Waals surface area contributed by atoms with Crippen molar-refractivity contribution in [2.24, 2.45) is 0 Å². The number of hydrogen-bond acceptors (Lipinski definition) is 3. The van der Waals surface area contributed by atoms with Crippen molar-refractivity contribution in [2.45, 2.75) is 0 Å². The van der Waals surface area contributed by atoms with Gasteiger partial charge in [-0.15, -0.1) is 0 Å². The molecule has 0 aliphatic heterocycles. The first kappa shape index (κ1) is 31.8. The average molecular weight is 702 g/mol. The molecule has 2 aromatic heterocycles. The molecular formula is C50H31N5. The third kappa shape index (κ3) is 5.31. The second-order valence-corrected chi connectivity index (χ2v) is 13.7. The normalized spacial score (nSPS) is 11.2. The van der Waals surface area contributed by atoms with Crippen LogP contribution >= 0.6 is 0 Å². The minimum absolute atomic E-state index is 0.443. The minimum Gasteiger partial charge on any atom is -0.310 e. The Labute approximate surface area is 318 Å². The molecule has 0 atom stereocenters. The molecule has 0 fully saturated rings. The Morgan fingerprint density at radius 3 is 1.53 bits per heavy atom. The van der Waals surface area contributed by atoms with Crippen LogP contribution in [0.2, 0.25) is 0 Å². The van der Waals surface area contributed by atoms with Crippen LogP contribution in [0, 0.1) is 22.7 Å². The van der Waals surface area contributed by atoms with Crippen molar-refractivity contribution in [3.8, 4) is 34.6 Å². The molecule has 0 N–H and O–H groups in total. The highest BCUT2D eigenvalue weighted by molar-refractivity contribution is 6.13. The van der Waals surface area contributed by atoms with Gasteiger partial charge in [0.2, 0.25) is 0 Å². The summed E-state index contributed by atoms with van der Waals surface area (Å²) < 4.78 is 4.52. The summed E-state index contributed by atoms with van der Waals surface area (Å²) in [6.07, 6.45) is 0. The van der Waals surface area contributed by atoms with Gasteiger partial charge < -0.3 is 14.0 Å². The summed E-state index contributed by atoms with van der Waals surface area (Å²) in [5.41, 5.74) is 12.4. The van der Waals surface area contributed by atoms with Gasteiger partial charge in [0, 0.05) is 50.0 Å². The van der Waals surface area contributed by atoms with Crippen LogP contribution in [-0.4, -0.2) is 9.13 Å². The predicted octanol–water partition coefficient (Wildman–Crippen LogP) is 12.8. The van der Waals surface area contributed by atoms with Gasteiger partial charge in [0.15, 0.2) is 0 Å². The first-order valence-electron chi connectivity index (χ1n) is 18.2. The van der Waals surface area contributed by atoms with Crippen LogP contribution in [0.1, 0.15) is 11.1 Å². The number of nitrogens with zero attached hydrogens (tertiary/aromatic N) is 5. The van der Waals surface area contributed by atoms with Gasteiger partial charge in [0.1, 0.15) is 0 Å². The van der Waals surface area contributed by atoms with Crippen molar-refractivity contribution in [1.82, 2.24) is 9.13 Å². The summed E-state index contributed by atoms with van der Waals surface area (Å²) in [6.45, 7) is 0. The maximum absolute atomic E-state index is 9.92. The summed E-state index contributed by atoms with van der Waals surface area (Å²) in [6, 6.07) is 69.7. The molecular weight excluding hydrogens is 671 g/mol. The summed E-state index contributed by atoms with van der Waals surface area (Å²) >= 11 is 0. The second kappa shape index (κ2) is 13.0. The molecule has 0 bridgehead atoms. The molecule has 55 heavy (non-hydrogen) atoms. The molecule has 0 saturated carbocycles. The maximum Gasteiger partial charge on any atom is 0.0992 e. The lowest BCUT2D eigenvalue weighted by Gasteiger charge is -2.25. The van der Waals surface area contributed by atoms with Crippen LogP contribution in [-0.2, 0) is 0 Å². The number of hydrogen-bond donors (Lipinski definition) is 0. The Morgan fingerprint density at radius 1 is 0.345 bits per heavy atom. The van der Waals surface area contributed by atoms with Crippen molar-refractivity contribution in [3.63, 3.8) is 0 Å². The van der Waals surface area contributed by atoms with Crippen LogP contribution in [0.15, 0.2) is 188 Å². The number of anilines is 3. The number of benzene rings is 8. The van der Waals surface area contributed by atoms with E-state index in [4.69, 9.17) is 0 Å². The first-order chi connectivity index (χ1) is 27.2. The average Bonchev–Trinajstić information content (AvgIpc) is 3.76. The monoisotopic (exact) mass is 701 g/mol. The summed E-state index contributed by atoms with van der Waals surface area (Å²) in [4.78, 5) is 2.27. The largest absolute Gasteiger partial charge is 0.310 e. The number of para-hydroxylation sites is 4. The molecule has 0 aliphatic rings. The zero-order valence-electron chi connectivity index (χ0n) is 29.6. The number of fused-ring (bicyclic) bond motifs is 6. The van der Waals surface area contributed by atoms with Gasteiger partial charge in [-0.05, 0) is 108 Å². The van der Waals surface area contributed by atoms with Crippen molar-refractivity contribution < 1.29 is 0 Å². The molecule has 5 nitrogen and oxygen atoms in total. The molecule has 0 radical (unpaired) electrons. The molecule has 5 heteroatoms. The Hall–Kier alpha value is -7.86. The molecule has 10 rings (SSSR count). The van der Waals surface area contributed by atoms with E-state index in [0.717, 1.165) is 66.9 Å². The van der Waals surface area contributed by atoms with Crippen molar-refractivity contribution >= 4 is 60.7 Å². The fourth-order valence-electron chi connectivity index (χ4n) is 8.08. The van der Waals surface area contributed by atoms with Crippen LogP contribution < -0.4 is 4.90 Å². The molecule has 0 amide bonds. The van der Waals surface area contributed by atoms with E-state index in [1.54, 1.807) is 6.07 Å². The van der Waals surface area contributed by atoms with E-state index in [0.29, 0.717) is 11.1 Å². The van der Waals surface area contributed by atoms with Gasteiger partial charge >= 0.3 is 0 Å². The first-order valence-corrected chi connectivity index (χ1v) is 18.2. The van der Waals surface area contributed by atoms with E-state index in [2.05, 4.69) is 184 Å². The predicted molar refractivity (Wildman–Crippen MR) is 225 cm³/mol. The fourth-order valence-corrected chi connectivity index (χ4v) is 8.08. The summed E-state index contributed by atoms with van der Waals surface area (Å²) in [5.74, 6) is 0. The van der Waals surface area contributed by atoms with E-state index in [1.807, 2.05) is 24.3 Å². The van der Waals surface area contributed by atoms with Crippen LogP contribution in [0.5, 0.6) is 0 Å². The zero-order valence-corrected chi connectivity index (χ0v) is 29.6. The van der Waals surface area contributed by atoms with Gasteiger partial charge in [0.05, 0.1) is 45.3 Å². The Kier molecular flexibility index (Phi) is 7.51. The molecule has 0 aliphatic carbocycles. The third-order valence-electron chi connectivity index (χ3n) is 10.5. The third-order valence-corrected chi connectivity index (χ3v) is 10.5. The lowest BCUT2D eigenvalue weighted by atomic mass is 10.0. The van der Waals surface area contributed by atoms with Crippen molar-refractivity contribution in [3.05, 3.63) is 199 Å². The van der Waals surface area contributed by atoms with E-state index < -0.39 is 0 Å². The molecule has 0 spiro atoms. The molecule has 256 valence electrons. The maximum atomic E-state index is 9.92. The highest BCUT2D eigenvalue weighted by Crippen LogP contribution is 2.42. The van der Waals surface area contributed by atoms with Crippen molar-refractivity contribution in [2.75, 3.05) is 4.90 Å². The van der Waals surface area contributed by atoms with Gasteiger partial charge in [-0.25, -0.2) is 0 Å². The van der Waals surface area contributed by atoms with Gasteiger partial charge in [-0.2, -0.15) is 10.5 Å². The van der Waals surface area contributed by atoms with E-state index in [1.165, 1.54) is 16.3 Å². The molecule has 10 aromatic rings. The van der Waals surface area contributed by atoms with E-state index in [9.17, 15) is 10.5 Å². The quantitative estimate of drug-likeness (QED) is 0.173. The summed E-state index contributed by atoms with van der Waals surface area (Å²) in [7, 11) is 0. The minimum atomic E-state index is 0.443. The Balaban J connectivity index is 1.23. The smallest absolute Gasteiger partial charge is 0.0992 e. The topological polar surface area (TPSA) is 60.7 Å². The number of aromatic nitrogens is 2. The van der Waals surface area contributed by atoms with Crippen LogP contribution in [0.3, 0.4) is 0 Å². The second-order valence-electron chi connectivity index (χ2n) is 13.7. The van der Waals surface area contributed by atoms with E-state index >= 15 is 0 Å². The summed E-state index contributed by atoms with van der Waals surface area (Å²) in [5, 5.41) is 24.4. The molecule has 0 saturated heterocycles. The molecule has 2 heterocycles. The van der Waals surface area contributed by atoms with Crippen LogP contribution in [0.4, 0.5) is 17.1 Å². The number of rotatable bonds is 6. The van der Waals surface area contributed by atoms with E-state index in [-0.39, 0.29) is 0 Å². The zero-order chi connectivity index (χ0) is 36.9. The van der Waals surface area contributed by atoms with Gasteiger partial charge in [-0.3, -0.25) is 0 Å².